The molecule has 3 rings (SSSR count). The minimum absolute atomic E-state index is 0.0531. The first kappa shape index (κ1) is 18.5. The molecule has 0 spiro atoms. The molecule has 0 bridgehead atoms. The zero-order chi connectivity index (χ0) is 18.6. The second kappa shape index (κ2) is 7.93. The number of nitrogens with zero attached hydrogens (tertiary/aromatic N) is 3. The van der Waals surface area contributed by atoms with Crippen molar-refractivity contribution >= 4 is 5.91 Å². The fourth-order valence-electron chi connectivity index (χ4n) is 3.42. The Balaban J connectivity index is 1.65. The molecule has 1 saturated heterocycles. The summed E-state index contributed by atoms with van der Waals surface area (Å²) in [5, 5.41) is 0. The predicted molar refractivity (Wildman–Crippen MR) is 91.6 cm³/mol. The molecule has 1 aromatic heterocycles. The summed E-state index contributed by atoms with van der Waals surface area (Å²) >= 11 is 0. The molecule has 0 aliphatic carbocycles. The molecule has 0 radical (unpaired) electrons. The molecule has 1 unspecified atom stereocenters. The standard InChI is InChI=1S/C19H22F3N3O/c20-19(21,22)9-8-17(26)24-11-4-7-16(14-24)18-23-10-12-25(18)13-15-5-2-1-3-6-15/h1-3,5-6,10,12,16H,4,7-9,11,13-14H2. The molecule has 1 aliphatic heterocycles. The van der Waals surface area contributed by atoms with Crippen LogP contribution in [0.2, 0.25) is 0 Å². The van der Waals surface area contributed by atoms with Gasteiger partial charge in [0.2, 0.25) is 5.91 Å². The normalized spacial score (nSPS) is 18.1. The lowest BCUT2D eigenvalue weighted by Crippen LogP contribution is -2.40. The summed E-state index contributed by atoms with van der Waals surface area (Å²) in [4.78, 5) is 18.2. The number of likely N-dealkylation sites (tertiary alicyclic amines) is 1. The number of halogens is 3. The molecule has 140 valence electrons. The highest BCUT2D eigenvalue weighted by Crippen LogP contribution is 2.28. The first-order valence-electron chi connectivity index (χ1n) is 8.82. The Morgan fingerprint density at radius 1 is 1.23 bits per heavy atom. The number of carbonyl (C=O) groups is 1. The van der Waals surface area contributed by atoms with E-state index in [1.807, 2.05) is 36.5 Å². The lowest BCUT2D eigenvalue weighted by atomic mass is 9.96. The van der Waals surface area contributed by atoms with Gasteiger partial charge in [-0.3, -0.25) is 4.79 Å². The van der Waals surface area contributed by atoms with E-state index >= 15 is 0 Å². The molecule has 4 nitrogen and oxygen atoms in total. The average molecular weight is 365 g/mol. The van der Waals surface area contributed by atoms with Gasteiger partial charge in [0.05, 0.1) is 6.42 Å². The molecule has 1 fully saturated rings. The lowest BCUT2D eigenvalue weighted by molar-refractivity contribution is -0.149. The summed E-state index contributed by atoms with van der Waals surface area (Å²) in [5.74, 6) is 0.521. The van der Waals surface area contributed by atoms with Crippen LogP contribution in [0.25, 0.3) is 0 Å². The van der Waals surface area contributed by atoms with E-state index in [0.717, 1.165) is 24.2 Å². The van der Waals surface area contributed by atoms with Gasteiger partial charge in [0.15, 0.2) is 0 Å². The molecule has 1 amide bonds. The monoisotopic (exact) mass is 365 g/mol. The number of carbonyl (C=O) groups excluding carboxylic acids is 1. The summed E-state index contributed by atoms with van der Waals surface area (Å²) in [6, 6.07) is 10.0. The summed E-state index contributed by atoms with van der Waals surface area (Å²) < 4.78 is 39.1. The molecular formula is C19H22F3N3O. The van der Waals surface area contributed by atoms with Crippen molar-refractivity contribution in [2.45, 2.75) is 44.3 Å². The van der Waals surface area contributed by atoms with E-state index in [1.165, 1.54) is 0 Å². The fraction of sp³-hybridized carbons (Fsp3) is 0.474. The van der Waals surface area contributed by atoms with Crippen molar-refractivity contribution in [2.24, 2.45) is 0 Å². The lowest BCUT2D eigenvalue weighted by Gasteiger charge is -2.33. The number of amides is 1. The van der Waals surface area contributed by atoms with Crippen LogP contribution in [0.4, 0.5) is 13.2 Å². The molecule has 1 aromatic carbocycles. The Kier molecular flexibility index (Phi) is 5.64. The first-order valence-corrected chi connectivity index (χ1v) is 8.82. The zero-order valence-corrected chi connectivity index (χ0v) is 14.5. The van der Waals surface area contributed by atoms with Crippen LogP contribution < -0.4 is 0 Å². The highest BCUT2D eigenvalue weighted by molar-refractivity contribution is 5.76. The Morgan fingerprint density at radius 2 is 2.00 bits per heavy atom. The van der Waals surface area contributed by atoms with Crippen molar-refractivity contribution in [1.29, 1.82) is 0 Å². The number of rotatable bonds is 5. The van der Waals surface area contributed by atoms with Crippen LogP contribution in [-0.2, 0) is 11.3 Å². The molecular weight excluding hydrogens is 343 g/mol. The van der Waals surface area contributed by atoms with Crippen LogP contribution in [0.15, 0.2) is 42.7 Å². The van der Waals surface area contributed by atoms with Crippen LogP contribution in [-0.4, -0.2) is 39.6 Å². The smallest absolute Gasteiger partial charge is 0.342 e. The summed E-state index contributed by atoms with van der Waals surface area (Å²) in [5.41, 5.74) is 1.15. The molecule has 2 heterocycles. The number of alkyl halides is 3. The van der Waals surface area contributed by atoms with Gasteiger partial charge < -0.3 is 9.47 Å². The number of imidazole rings is 1. The van der Waals surface area contributed by atoms with Gasteiger partial charge in [-0.25, -0.2) is 4.98 Å². The largest absolute Gasteiger partial charge is 0.389 e. The van der Waals surface area contributed by atoms with Crippen molar-refractivity contribution in [3.63, 3.8) is 0 Å². The van der Waals surface area contributed by atoms with Crippen molar-refractivity contribution < 1.29 is 18.0 Å². The quantitative estimate of drug-likeness (QED) is 0.804. The molecule has 26 heavy (non-hydrogen) atoms. The Morgan fingerprint density at radius 3 is 2.73 bits per heavy atom. The number of hydrogen-bond donors (Lipinski definition) is 0. The molecule has 1 aliphatic rings. The van der Waals surface area contributed by atoms with Crippen LogP contribution in [0.1, 0.15) is 43.0 Å². The molecule has 0 saturated carbocycles. The molecule has 2 aromatic rings. The van der Waals surface area contributed by atoms with Gasteiger partial charge >= 0.3 is 6.18 Å². The third-order valence-electron chi connectivity index (χ3n) is 4.71. The number of piperidine rings is 1. The van der Waals surface area contributed by atoms with Gasteiger partial charge in [-0.1, -0.05) is 30.3 Å². The Bertz CT molecular complexity index is 727. The molecule has 7 heteroatoms. The minimum atomic E-state index is -4.29. The number of benzene rings is 1. The highest BCUT2D eigenvalue weighted by Gasteiger charge is 2.31. The highest BCUT2D eigenvalue weighted by atomic mass is 19.4. The average Bonchev–Trinajstić information content (AvgIpc) is 3.08. The van der Waals surface area contributed by atoms with Crippen molar-refractivity contribution in [1.82, 2.24) is 14.5 Å². The van der Waals surface area contributed by atoms with Gasteiger partial charge in [0, 0.05) is 44.4 Å². The summed E-state index contributed by atoms with van der Waals surface area (Å²) in [6.07, 6.45) is -0.522. The van der Waals surface area contributed by atoms with Crippen molar-refractivity contribution in [2.75, 3.05) is 13.1 Å². The van der Waals surface area contributed by atoms with E-state index < -0.39 is 24.9 Å². The maximum atomic E-state index is 12.4. The van der Waals surface area contributed by atoms with E-state index in [4.69, 9.17) is 0 Å². The van der Waals surface area contributed by atoms with Crippen LogP contribution in [0.5, 0.6) is 0 Å². The Labute approximate surface area is 150 Å². The minimum Gasteiger partial charge on any atom is -0.342 e. The summed E-state index contributed by atoms with van der Waals surface area (Å²) in [7, 11) is 0. The van der Waals surface area contributed by atoms with Crippen molar-refractivity contribution in [3.8, 4) is 0 Å². The van der Waals surface area contributed by atoms with Gasteiger partial charge in [-0.15, -0.1) is 0 Å². The maximum absolute atomic E-state index is 12.4. The van der Waals surface area contributed by atoms with Gasteiger partial charge in [-0.05, 0) is 18.4 Å². The van der Waals surface area contributed by atoms with E-state index in [1.54, 1.807) is 11.1 Å². The zero-order valence-electron chi connectivity index (χ0n) is 14.5. The van der Waals surface area contributed by atoms with E-state index in [0.29, 0.717) is 19.6 Å². The van der Waals surface area contributed by atoms with Crippen LogP contribution in [0.3, 0.4) is 0 Å². The van der Waals surface area contributed by atoms with Gasteiger partial charge in [-0.2, -0.15) is 13.2 Å². The topological polar surface area (TPSA) is 38.1 Å². The fourth-order valence-corrected chi connectivity index (χ4v) is 3.42. The first-order chi connectivity index (χ1) is 12.4. The van der Waals surface area contributed by atoms with Crippen molar-refractivity contribution in [3.05, 3.63) is 54.1 Å². The predicted octanol–water partition coefficient (Wildman–Crippen LogP) is 3.98. The maximum Gasteiger partial charge on any atom is 0.389 e. The Hall–Kier alpha value is -2.31. The molecule has 0 N–H and O–H groups in total. The van der Waals surface area contributed by atoms with Crippen LogP contribution in [0, 0.1) is 0 Å². The second-order valence-corrected chi connectivity index (χ2v) is 6.69. The third kappa shape index (κ3) is 4.86. The van der Waals surface area contributed by atoms with E-state index in [-0.39, 0.29) is 5.92 Å². The van der Waals surface area contributed by atoms with Gasteiger partial charge in [0.1, 0.15) is 5.82 Å². The summed E-state index contributed by atoms with van der Waals surface area (Å²) in [6.45, 7) is 1.64. The second-order valence-electron chi connectivity index (χ2n) is 6.69. The van der Waals surface area contributed by atoms with Crippen LogP contribution >= 0.6 is 0 Å². The van der Waals surface area contributed by atoms with Gasteiger partial charge in [0.25, 0.3) is 0 Å². The SMILES string of the molecule is O=C(CCC(F)(F)F)N1CCCC(c2nccn2Cc2ccccc2)C1. The molecule has 1 atom stereocenters. The third-order valence-corrected chi connectivity index (χ3v) is 4.71. The van der Waals surface area contributed by atoms with E-state index in [2.05, 4.69) is 9.55 Å². The van der Waals surface area contributed by atoms with E-state index in [9.17, 15) is 18.0 Å². The number of aromatic nitrogens is 2. The number of hydrogen-bond acceptors (Lipinski definition) is 2.